The predicted molar refractivity (Wildman–Crippen MR) is 67.6 cm³/mol. The summed E-state index contributed by atoms with van der Waals surface area (Å²) < 4.78 is 0. The van der Waals surface area contributed by atoms with E-state index in [4.69, 9.17) is 5.26 Å². The van der Waals surface area contributed by atoms with Crippen molar-refractivity contribution in [3.05, 3.63) is 29.8 Å². The molecular weight excluding hydrogens is 232 g/mol. The zero-order valence-electron chi connectivity index (χ0n) is 9.48. The fourth-order valence-electron chi connectivity index (χ4n) is 1.82. The van der Waals surface area contributed by atoms with Gasteiger partial charge in [0.25, 0.3) is 0 Å². The molecule has 88 valence electrons. The lowest BCUT2D eigenvalue weighted by Crippen LogP contribution is -2.33. The number of nitrogens with one attached hydrogen (secondary N) is 1. The summed E-state index contributed by atoms with van der Waals surface area (Å²) in [6.07, 6.45) is 2.04. The highest BCUT2D eigenvalue weighted by molar-refractivity contribution is 8.01. The fourth-order valence-corrected chi connectivity index (χ4v) is 3.04. The number of unbranched alkanes of at least 4 members (excludes halogenated alkanes) is 1. The molecule has 0 saturated carbocycles. The molecule has 17 heavy (non-hydrogen) atoms. The summed E-state index contributed by atoms with van der Waals surface area (Å²) in [5.74, 6) is 0.0872. The fraction of sp³-hybridized carbons (Fsp3) is 0.385. The highest BCUT2D eigenvalue weighted by Crippen LogP contribution is 2.36. The average Bonchev–Trinajstić information content (AvgIpc) is 2.78. The van der Waals surface area contributed by atoms with Gasteiger partial charge >= 0.3 is 0 Å². The van der Waals surface area contributed by atoms with Gasteiger partial charge in [-0.3, -0.25) is 4.79 Å². The van der Waals surface area contributed by atoms with Crippen molar-refractivity contribution in [3.8, 4) is 6.07 Å². The topological polar surface area (TPSA) is 52.9 Å². The Morgan fingerprint density at radius 3 is 3.12 bits per heavy atom. The Morgan fingerprint density at radius 1 is 1.53 bits per heavy atom. The second kappa shape index (κ2) is 5.74. The second-order valence-electron chi connectivity index (χ2n) is 3.97. The number of nitriles is 1. The standard InChI is InChI=1S/C13H14N2OS/c14-7-3-4-8-15-13(16)12-9-10-5-1-2-6-11(10)17-12/h1-2,5-6,12H,3-4,8-9H2,(H,15,16). The van der Waals surface area contributed by atoms with Crippen molar-refractivity contribution in [2.24, 2.45) is 0 Å². The third-order valence-corrected chi connectivity index (χ3v) is 4.02. The third-order valence-electron chi connectivity index (χ3n) is 2.70. The van der Waals surface area contributed by atoms with Crippen LogP contribution in [0.15, 0.2) is 29.2 Å². The number of fused-ring (bicyclic) bond motifs is 1. The van der Waals surface area contributed by atoms with Crippen molar-refractivity contribution in [1.82, 2.24) is 5.32 Å². The zero-order chi connectivity index (χ0) is 12.1. The lowest BCUT2D eigenvalue weighted by atomic mass is 10.1. The smallest absolute Gasteiger partial charge is 0.233 e. The summed E-state index contributed by atoms with van der Waals surface area (Å²) in [5, 5.41) is 11.3. The first-order valence-electron chi connectivity index (χ1n) is 5.70. The number of hydrogen-bond acceptors (Lipinski definition) is 3. The van der Waals surface area contributed by atoms with Crippen molar-refractivity contribution >= 4 is 17.7 Å². The molecule has 3 nitrogen and oxygen atoms in total. The highest BCUT2D eigenvalue weighted by atomic mass is 32.2. The Labute approximate surface area is 105 Å². The van der Waals surface area contributed by atoms with Gasteiger partial charge in [0, 0.05) is 17.9 Å². The van der Waals surface area contributed by atoms with Crippen LogP contribution in [0.4, 0.5) is 0 Å². The van der Waals surface area contributed by atoms with Crippen LogP contribution in [0.2, 0.25) is 0 Å². The van der Waals surface area contributed by atoms with Gasteiger partial charge in [-0.15, -0.1) is 11.8 Å². The summed E-state index contributed by atoms with van der Waals surface area (Å²) in [5.41, 5.74) is 1.26. The van der Waals surface area contributed by atoms with Crippen LogP contribution in [0.3, 0.4) is 0 Å². The summed E-state index contributed by atoms with van der Waals surface area (Å²) >= 11 is 1.63. The van der Waals surface area contributed by atoms with Crippen LogP contribution in [-0.2, 0) is 11.2 Å². The minimum absolute atomic E-state index is 0.00511. The number of carbonyl (C=O) groups excluding carboxylic acids is 1. The van der Waals surface area contributed by atoms with Crippen molar-refractivity contribution < 1.29 is 4.79 Å². The van der Waals surface area contributed by atoms with Gasteiger partial charge in [-0.05, 0) is 24.5 Å². The van der Waals surface area contributed by atoms with E-state index in [0.29, 0.717) is 13.0 Å². The molecule has 2 rings (SSSR count). The minimum atomic E-state index is -0.00511. The molecule has 4 heteroatoms. The molecule has 1 N–H and O–H groups in total. The molecule has 1 unspecified atom stereocenters. The molecule has 0 saturated heterocycles. The van der Waals surface area contributed by atoms with Crippen LogP contribution < -0.4 is 5.32 Å². The molecule has 1 aliphatic rings. The largest absolute Gasteiger partial charge is 0.355 e. The van der Waals surface area contributed by atoms with E-state index in [0.717, 1.165) is 12.8 Å². The van der Waals surface area contributed by atoms with Crippen molar-refractivity contribution in [3.63, 3.8) is 0 Å². The quantitative estimate of drug-likeness (QED) is 0.828. The Hall–Kier alpha value is -1.47. The molecule has 1 aliphatic heterocycles. The predicted octanol–water partition coefficient (Wildman–Crippen LogP) is 2.12. The summed E-state index contributed by atoms with van der Waals surface area (Å²) in [6, 6.07) is 10.2. The van der Waals surface area contributed by atoms with Gasteiger partial charge in [0.15, 0.2) is 0 Å². The first-order chi connectivity index (χ1) is 8.31. The molecule has 0 fully saturated rings. The van der Waals surface area contributed by atoms with Gasteiger partial charge in [-0.2, -0.15) is 5.26 Å². The Morgan fingerprint density at radius 2 is 2.35 bits per heavy atom. The van der Waals surface area contributed by atoms with Crippen LogP contribution >= 0.6 is 11.8 Å². The van der Waals surface area contributed by atoms with Gasteiger partial charge < -0.3 is 5.32 Å². The molecule has 1 atom stereocenters. The molecule has 1 aromatic rings. The van der Waals surface area contributed by atoms with Crippen molar-refractivity contribution in [2.45, 2.75) is 29.4 Å². The van der Waals surface area contributed by atoms with Gasteiger partial charge in [-0.25, -0.2) is 0 Å². The Balaban J connectivity index is 1.82. The first-order valence-corrected chi connectivity index (χ1v) is 6.58. The van der Waals surface area contributed by atoms with Gasteiger partial charge in [0.1, 0.15) is 0 Å². The van der Waals surface area contributed by atoms with Crippen LogP contribution in [0.5, 0.6) is 0 Å². The normalized spacial score (nSPS) is 17.2. The van der Waals surface area contributed by atoms with Gasteiger partial charge in [-0.1, -0.05) is 18.2 Å². The van der Waals surface area contributed by atoms with Gasteiger partial charge in [0.2, 0.25) is 5.91 Å². The van der Waals surface area contributed by atoms with Crippen LogP contribution in [-0.4, -0.2) is 17.7 Å². The van der Waals surface area contributed by atoms with E-state index in [-0.39, 0.29) is 11.2 Å². The van der Waals surface area contributed by atoms with Crippen LogP contribution in [0, 0.1) is 11.3 Å². The Bertz CT molecular complexity index is 428. The van der Waals surface area contributed by atoms with E-state index in [9.17, 15) is 4.79 Å². The maximum atomic E-state index is 11.9. The van der Waals surface area contributed by atoms with Crippen LogP contribution in [0.25, 0.3) is 0 Å². The number of benzene rings is 1. The SMILES string of the molecule is N#CCCCNC(=O)C1Cc2ccccc2S1. The summed E-state index contributed by atoms with van der Waals surface area (Å²) in [7, 11) is 0. The summed E-state index contributed by atoms with van der Waals surface area (Å²) in [6.45, 7) is 0.597. The molecule has 0 aromatic heterocycles. The number of thioether (sulfide) groups is 1. The van der Waals surface area contributed by atoms with E-state index in [2.05, 4.69) is 23.5 Å². The van der Waals surface area contributed by atoms with Crippen molar-refractivity contribution in [2.75, 3.05) is 6.54 Å². The van der Waals surface area contributed by atoms with E-state index < -0.39 is 0 Å². The van der Waals surface area contributed by atoms with E-state index in [1.54, 1.807) is 11.8 Å². The second-order valence-corrected chi connectivity index (χ2v) is 5.22. The molecule has 0 aliphatic carbocycles. The lowest BCUT2D eigenvalue weighted by molar-refractivity contribution is -0.120. The molecule has 1 aromatic carbocycles. The number of amides is 1. The van der Waals surface area contributed by atoms with E-state index in [1.807, 2.05) is 12.1 Å². The number of carbonyl (C=O) groups is 1. The molecule has 1 heterocycles. The van der Waals surface area contributed by atoms with E-state index >= 15 is 0 Å². The van der Waals surface area contributed by atoms with Gasteiger partial charge in [0.05, 0.1) is 11.3 Å². The summed E-state index contributed by atoms with van der Waals surface area (Å²) in [4.78, 5) is 13.1. The maximum absolute atomic E-state index is 11.9. The van der Waals surface area contributed by atoms with Crippen molar-refractivity contribution in [1.29, 1.82) is 5.26 Å². The highest BCUT2D eigenvalue weighted by Gasteiger charge is 2.27. The molecule has 0 spiro atoms. The molecule has 0 bridgehead atoms. The number of nitrogens with zero attached hydrogens (tertiary/aromatic N) is 1. The third kappa shape index (κ3) is 3.01. The number of rotatable bonds is 4. The Kier molecular flexibility index (Phi) is 4.05. The minimum Gasteiger partial charge on any atom is -0.355 e. The first kappa shape index (κ1) is 12.0. The zero-order valence-corrected chi connectivity index (χ0v) is 10.3. The van der Waals surface area contributed by atoms with Crippen LogP contribution in [0.1, 0.15) is 18.4 Å². The molecular formula is C13H14N2OS. The van der Waals surface area contributed by atoms with E-state index in [1.165, 1.54) is 10.5 Å². The monoisotopic (exact) mass is 246 g/mol. The molecule has 0 radical (unpaired) electrons. The maximum Gasteiger partial charge on any atom is 0.233 e. The average molecular weight is 246 g/mol. The number of hydrogen-bond donors (Lipinski definition) is 1. The molecule has 1 amide bonds. The lowest BCUT2D eigenvalue weighted by Gasteiger charge is -2.08.